The molecular formula is C34H42N8O3. The molecule has 0 unspecified atom stereocenters. The first-order chi connectivity index (χ1) is 21.8. The zero-order valence-corrected chi connectivity index (χ0v) is 26.2. The minimum absolute atomic E-state index is 0.119. The van der Waals surface area contributed by atoms with Crippen LogP contribution in [-0.4, -0.2) is 88.2 Å². The number of aliphatic hydroxyl groups excluding tert-OH is 1. The molecule has 11 heteroatoms. The van der Waals surface area contributed by atoms with E-state index in [1.807, 2.05) is 24.4 Å². The molecule has 3 aromatic heterocycles. The summed E-state index contributed by atoms with van der Waals surface area (Å²) in [6.45, 7) is 9.80. The number of aliphatic hydroxyl groups is 1. The molecule has 0 atom stereocenters. The van der Waals surface area contributed by atoms with Crippen molar-refractivity contribution in [3.05, 3.63) is 82.8 Å². The Balaban J connectivity index is 1.29. The molecule has 45 heavy (non-hydrogen) atoms. The van der Waals surface area contributed by atoms with Crippen LogP contribution in [0.3, 0.4) is 0 Å². The van der Waals surface area contributed by atoms with Crippen molar-refractivity contribution >= 4 is 28.8 Å². The summed E-state index contributed by atoms with van der Waals surface area (Å²) in [5, 5.41) is 13.8. The molecule has 0 saturated carbocycles. The van der Waals surface area contributed by atoms with Gasteiger partial charge in [-0.15, -0.1) is 0 Å². The van der Waals surface area contributed by atoms with Gasteiger partial charge in [-0.25, -0.2) is 4.98 Å². The van der Waals surface area contributed by atoms with E-state index in [4.69, 9.17) is 0 Å². The van der Waals surface area contributed by atoms with Gasteiger partial charge in [0.2, 0.25) is 0 Å². The normalized spacial score (nSPS) is 19.4. The molecule has 3 aliphatic heterocycles. The highest BCUT2D eigenvalue weighted by atomic mass is 16.3. The van der Waals surface area contributed by atoms with Crippen LogP contribution in [-0.2, 0) is 18.4 Å². The third kappa shape index (κ3) is 6.50. The van der Waals surface area contributed by atoms with Crippen molar-refractivity contribution in [2.75, 3.05) is 68.0 Å². The Kier molecular flexibility index (Phi) is 8.99. The van der Waals surface area contributed by atoms with Crippen molar-refractivity contribution in [1.82, 2.24) is 24.3 Å². The standard InChI is InChI=1S/C34H42N8O3/c1-24-7-5-4-6-10-41-15-16-42(34(45)30(41)17-24)31-21-35-20-27(28(31)23-43)25-18-29(33(44)39(3)22-25)37-32-9-8-26(19-36-32)40-13-11-38(2)12-14-40/h8-9,17-22,43H,1,4-7,10-16,23H2,2-3H3,(H,36,37)/b30-17-. The monoisotopic (exact) mass is 610 g/mol. The number of piperazine rings is 2. The van der Waals surface area contributed by atoms with Gasteiger partial charge in [-0.05, 0) is 50.6 Å². The van der Waals surface area contributed by atoms with Crippen molar-refractivity contribution in [3.63, 3.8) is 0 Å². The zero-order chi connectivity index (χ0) is 31.5. The number of hydrogen-bond acceptors (Lipinski definition) is 9. The lowest BCUT2D eigenvalue weighted by atomic mass is 10.0. The van der Waals surface area contributed by atoms with Crippen LogP contribution in [0.5, 0.6) is 0 Å². The predicted octanol–water partition coefficient (Wildman–Crippen LogP) is 3.49. The number of likely N-dealkylation sites (N-methyl/N-ethyl adjacent to an activating group) is 1. The van der Waals surface area contributed by atoms with Crippen LogP contribution in [0.4, 0.5) is 22.9 Å². The maximum Gasteiger partial charge on any atom is 0.274 e. The van der Waals surface area contributed by atoms with Crippen molar-refractivity contribution in [2.45, 2.75) is 32.3 Å². The van der Waals surface area contributed by atoms with E-state index in [-0.39, 0.29) is 18.1 Å². The lowest BCUT2D eigenvalue weighted by Gasteiger charge is -2.38. The number of fused-ring (bicyclic) bond motifs is 1. The van der Waals surface area contributed by atoms with E-state index in [1.54, 1.807) is 36.6 Å². The molecule has 3 aromatic rings. The first kappa shape index (κ1) is 30.5. The third-order valence-electron chi connectivity index (χ3n) is 9.02. The predicted molar refractivity (Wildman–Crippen MR) is 178 cm³/mol. The summed E-state index contributed by atoms with van der Waals surface area (Å²) in [5.74, 6) is 0.441. The fourth-order valence-corrected chi connectivity index (χ4v) is 6.35. The lowest BCUT2D eigenvalue weighted by Crippen LogP contribution is -2.49. The molecule has 0 bridgehead atoms. The summed E-state index contributed by atoms with van der Waals surface area (Å²) in [6, 6.07) is 5.65. The van der Waals surface area contributed by atoms with E-state index < -0.39 is 0 Å². The maximum atomic E-state index is 13.9. The van der Waals surface area contributed by atoms with Gasteiger partial charge in [-0.3, -0.25) is 14.6 Å². The number of nitrogens with one attached hydrogen (secondary N) is 1. The Hall–Kier alpha value is -4.48. The number of rotatable bonds is 6. The summed E-state index contributed by atoms with van der Waals surface area (Å²) in [7, 11) is 3.82. The average Bonchev–Trinajstić information content (AvgIpc) is 3.14. The quantitative estimate of drug-likeness (QED) is 0.434. The van der Waals surface area contributed by atoms with Crippen LogP contribution >= 0.6 is 0 Å². The van der Waals surface area contributed by atoms with Gasteiger partial charge in [-0.1, -0.05) is 18.6 Å². The fraction of sp³-hybridized carbons (Fsp3) is 0.412. The highest BCUT2D eigenvalue weighted by Crippen LogP contribution is 2.34. The molecule has 6 heterocycles. The van der Waals surface area contributed by atoms with E-state index in [1.165, 1.54) is 4.57 Å². The Bertz CT molecular complexity index is 1660. The Morgan fingerprint density at radius 1 is 0.933 bits per heavy atom. The van der Waals surface area contributed by atoms with Crippen molar-refractivity contribution in [1.29, 1.82) is 0 Å². The number of aryl methyl sites for hydroxylation is 1. The highest BCUT2D eigenvalue weighted by Gasteiger charge is 2.32. The fourth-order valence-electron chi connectivity index (χ4n) is 6.35. The van der Waals surface area contributed by atoms with Crippen LogP contribution in [0.2, 0.25) is 0 Å². The lowest BCUT2D eigenvalue weighted by molar-refractivity contribution is -0.117. The molecule has 3 aliphatic rings. The molecule has 2 saturated heterocycles. The molecule has 0 spiro atoms. The number of carbonyl (C=O) groups is 1. The molecule has 0 aromatic carbocycles. The summed E-state index contributed by atoms with van der Waals surface area (Å²) in [5.41, 5.74) is 5.26. The number of aromatic nitrogens is 3. The third-order valence-corrected chi connectivity index (χ3v) is 9.02. The van der Waals surface area contributed by atoms with Gasteiger partial charge < -0.3 is 34.6 Å². The van der Waals surface area contributed by atoms with E-state index in [9.17, 15) is 14.7 Å². The van der Waals surface area contributed by atoms with E-state index in [0.29, 0.717) is 52.7 Å². The van der Waals surface area contributed by atoms with E-state index in [0.717, 1.165) is 69.7 Å². The van der Waals surface area contributed by atoms with Gasteiger partial charge in [0, 0.05) is 81.9 Å². The smallest absolute Gasteiger partial charge is 0.274 e. The van der Waals surface area contributed by atoms with Crippen LogP contribution in [0.15, 0.2) is 71.7 Å². The number of anilines is 4. The second-order valence-electron chi connectivity index (χ2n) is 12.2. The first-order valence-electron chi connectivity index (χ1n) is 15.7. The van der Waals surface area contributed by atoms with E-state index in [2.05, 4.69) is 43.6 Å². The SMILES string of the molecule is C=C1/C=C2/C(=O)N(c3cncc(-c4cc(Nc5ccc(N6CCN(C)CC6)cn5)c(=O)n(C)c4)c3CO)CCN2CCCCC1. The molecule has 0 aliphatic carbocycles. The highest BCUT2D eigenvalue weighted by molar-refractivity contribution is 6.07. The summed E-state index contributed by atoms with van der Waals surface area (Å²) in [6.07, 6.45) is 12.9. The molecule has 11 nitrogen and oxygen atoms in total. The number of hydrogen-bond donors (Lipinski definition) is 2. The molecule has 6 rings (SSSR count). The molecule has 2 fully saturated rings. The van der Waals surface area contributed by atoms with Gasteiger partial charge >= 0.3 is 0 Å². The Morgan fingerprint density at radius 3 is 2.49 bits per heavy atom. The molecule has 1 amide bonds. The van der Waals surface area contributed by atoms with Crippen LogP contribution in [0, 0.1) is 0 Å². The minimum Gasteiger partial charge on any atom is -0.392 e. The van der Waals surface area contributed by atoms with Gasteiger partial charge in [0.25, 0.3) is 11.5 Å². The second-order valence-corrected chi connectivity index (χ2v) is 12.2. The Morgan fingerprint density at radius 2 is 1.73 bits per heavy atom. The van der Waals surface area contributed by atoms with Crippen LogP contribution in [0.1, 0.15) is 31.2 Å². The number of allylic oxidation sites excluding steroid dienone is 2. The van der Waals surface area contributed by atoms with Gasteiger partial charge in [0.05, 0.1) is 30.4 Å². The second kappa shape index (κ2) is 13.3. The van der Waals surface area contributed by atoms with Gasteiger partial charge in [0.15, 0.2) is 0 Å². The maximum absolute atomic E-state index is 13.9. The minimum atomic E-state index is -0.298. The van der Waals surface area contributed by atoms with Crippen LogP contribution < -0.4 is 20.7 Å². The number of carbonyl (C=O) groups excluding carboxylic acids is 1. The van der Waals surface area contributed by atoms with Crippen molar-refractivity contribution in [2.24, 2.45) is 7.05 Å². The summed E-state index contributed by atoms with van der Waals surface area (Å²) in [4.78, 5) is 44.6. The molecular weight excluding hydrogens is 568 g/mol. The molecule has 0 radical (unpaired) electrons. The Labute approximate surface area is 264 Å². The van der Waals surface area contributed by atoms with E-state index >= 15 is 0 Å². The molecule has 236 valence electrons. The van der Waals surface area contributed by atoms with Crippen molar-refractivity contribution in [3.8, 4) is 11.1 Å². The number of amides is 1. The first-order valence-corrected chi connectivity index (χ1v) is 15.7. The van der Waals surface area contributed by atoms with Gasteiger partial charge in [0.1, 0.15) is 17.2 Å². The van der Waals surface area contributed by atoms with Crippen molar-refractivity contribution < 1.29 is 9.90 Å². The van der Waals surface area contributed by atoms with Gasteiger partial charge in [-0.2, -0.15) is 0 Å². The number of pyridine rings is 3. The van der Waals surface area contributed by atoms with Crippen LogP contribution in [0.25, 0.3) is 11.1 Å². The summed E-state index contributed by atoms with van der Waals surface area (Å²) >= 11 is 0. The molecule has 2 N–H and O–H groups in total. The topological polar surface area (TPSA) is 110 Å². The summed E-state index contributed by atoms with van der Waals surface area (Å²) < 4.78 is 1.50. The largest absolute Gasteiger partial charge is 0.392 e. The average molecular weight is 611 g/mol. The number of nitrogens with zero attached hydrogens (tertiary/aromatic N) is 7. The zero-order valence-electron chi connectivity index (χ0n) is 26.2.